The monoisotopic (exact) mass is 281 g/mol. The molecule has 0 aliphatic carbocycles. The van der Waals surface area contributed by atoms with Crippen LogP contribution in [0.5, 0.6) is 0 Å². The molecular formula is C9H10F3N3S2. The van der Waals surface area contributed by atoms with Crippen molar-refractivity contribution in [3.05, 3.63) is 4.88 Å². The van der Waals surface area contributed by atoms with Crippen molar-refractivity contribution in [3.8, 4) is 6.07 Å². The number of anilines is 2. The lowest BCUT2D eigenvalue weighted by atomic mass is 10.4. The van der Waals surface area contributed by atoms with Crippen LogP contribution in [0.4, 0.5) is 23.9 Å². The van der Waals surface area contributed by atoms with E-state index >= 15 is 0 Å². The smallest absolute Gasteiger partial charge is 0.396 e. The molecule has 0 unspecified atom stereocenters. The second kappa shape index (κ2) is 5.06. The van der Waals surface area contributed by atoms with Gasteiger partial charge in [-0.1, -0.05) is 0 Å². The van der Waals surface area contributed by atoms with Gasteiger partial charge in [0.2, 0.25) is 0 Å². The van der Waals surface area contributed by atoms with Crippen molar-refractivity contribution >= 4 is 33.8 Å². The Morgan fingerprint density at radius 2 is 2.12 bits per heavy atom. The molecule has 1 rings (SSSR count). The fourth-order valence-electron chi connectivity index (χ4n) is 1.29. The predicted molar refractivity (Wildman–Crippen MR) is 64.6 cm³/mol. The summed E-state index contributed by atoms with van der Waals surface area (Å²) in [5.74, 6) is 0. The Labute approximate surface area is 105 Å². The minimum absolute atomic E-state index is 0.248. The molecule has 0 spiro atoms. The van der Waals surface area contributed by atoms with Crippen molar-refractivity contribution < 1.29 is 13.2 Å². The Morgan fingerprint density at radius 3 is 2.53 bits per heavy atom. The van der Waals surface area contributed by atoms with E-state index in [1.807, 2.05) is 6.07 Å². The predicted octanol–water partition coefficient (Wildman–Crippen LogP) is 2.92. The van der Waals surface area contributed by atoms with Crippen molar-refractivity contribution in [2.45, 2.75) is 11.1 Å². The molecule has 3 nitrogen and oxygen atoms in total. The average Bonchev–Trinajstić information content (AvgIpc) is 2.52. The van der Waals surface area contributed by atoms with Crippen LogP contribution in [0.1, 0.15) is 4.88 Å². The molecule has 0 amide bonds. The Balaban J connectivity index is 3.10. The fourth-order valence-corrected chi connectivity index (χ4v) is 3.25. The minimum Gasteiger partial charge on any atom is -0.396 e. The van der Waals surface area contributed by atoms with Crippen LogP contribution in [-0.4, -0.2) is 26.0 Å². The molecule has 94 valence electrons. The molecule has 1 aromatic heterocycles. The standard InChI is InChI=1S/C9H10F3N3S2/c1-15(4-9(10,11)12)8-7(16-2)6(14)5(3-13)17-8/h4,14H2,1-2H3. The molecule has 0 fully saturated rings. The molecule has 1 heterocycles. The number of thioether (sulfide) groups is 1. The lowest BCUT2D eigenvalue weighted by Crippen LogP contribution is -2.30. The van der Waals surface area contributed by atoms with Crippen LogP contribution in [0.15, 0.2) is 4.90 Å². The number of hydrogen-bond donors (Lipinski definition) is 1. The maximum Gasteiger partial charge on any atom is 0.405 e. The number of rotatable bonds is 3. The highest BCUT2D eigenvalue weighted by molar-refractivity contribution is 7.99. The quantitative estimate of drug-likeness (QED) is 0.866. The summed E-state index contributed by atoms with van der Waals surface area (Å²) in [5.41, 5.74) is 5.94. The van der Waals surface area contributed by atoms with Crippen molar-refractivity contribution in [3.63, 3.8) is 0 Å². The summed E-state index contributed by atoms with van der Waals surface area (Å²) in [6.45, 7) is -1.06. The second-order valence-corrected chi connectivity index (χ2v) is 5.08. The minimum atomic E-state index is -4.28. The van der Waals surface area contributed by atoms with Crippen LogP contribution in [0, 0.1) is 11.3 Å². The van der Waals surface area contributed by atoms with Crippen LogP contribution < -0.4 is 10.6 Å². The molecule has 0 saturated carbocycles. The zero-order chi connectivity index (χ0) is 13.2. The summed E-state index contributed by atoms with van der Waals surface area (Å²) in [5, 5.41) is 9.18. The Hall–Kier alpha value is -1.07. The molecule has 2 N–H and O–H groups in total. The van der Waals surface area contributed by atoms with Crippen molar-refractivity contribution in [2.24, 2.45) is 0 Å². The maximum absolute atomic E-state index is 12.3. The van der Waals surface area contributed by atoms with Gasteiger partial charge in [-0.25, -0.2) is 0 Å². The van der Waals surface area contributed by atoms with Gasteiger partial charge in [-0.15, -0.1) is 23.1 Å². The van der Waals surface area contributed by atoms with Crippen LogP contribution in [-0.2, 0) is 0 Å². The summed E-state index contributed by atoms with van der Waals surface area (Å²) in [6, 6.07) is 1.88. The van der Waals surface area contributed by atoms with E-state index < -0.39 is 12.7 Å². The Morgan fingerprint density at radius 1 is 1.53 bits per heavy atom. The normalized spacial score (nSPS) is 11.3. The van der Waals surface area contributed by atoms with Gasteiger partial charge in [-0.05, 0) is 6.26 Å². The van der Waals surface area contributed by atoms with Crippen LogP contribution in [0.25, 0.3) is 0 Å². The first kappa shape index (κ1) is 14.0. The molecule has 0 bridgehead atoms. The molecular weight excluding hydrogens is 271 g/mol. The van der Waals surface area contributed by atoms with Gasteiger partial charge in [0.1, 0.15) is 22.5 Å². The van der Waals surface area contributed by atoms with Crippen molar-refractivity contribution in [1.29, 1.82) is 5.26 Å². The lowest BCUT2D eigenvalue weighted by molar-refractivity contribution is -0.119. The van der Waals surface area contributed by atoms with E-state index in [1.165, 1.54) is 18.8 Å². The number of thiophene rings is 1. The molecule has 0 aromatic carbocycles. The summed E-state index contributed by atoms with van der Waals surface area (Å²) < 4.78 is 36.8. The van der Waals surface area contributed by atoms with Crippen LogP contribution >= 0.6 is 23.1 Å². The van der Waals surface area contributed by atoms with Gasteiger partial charge < -0.3 is 10.6 Å². The Kier molecular flexibility index (Phi) is 4.16. The molecule has 0 aliphatic rings. The topological polar surface area (TPSA) is 53.0 Å². The largest absolute Gasteiger partial charge is 0.405 e. The maximum atomic E-state index is 12.3. The zero-order valence-corrected chi connectivity index (χ0v) is 10.8. The van der Waals surface area contributed by atoms with Gasteiger partial charge in [-0.3, -0.25) is 0 Å². The first-order valence-electron chi connectivity index (χ1n) is 4.44. The second-order valence-electron chi connectivity index (χ2n) is 3.27. The number of nitriles is 1. The number of hydrogen-bond acceptors (Lipinski definition) is 5. The van der Waals surface area contributed by atoms with E-state index in [1.54, 1.807) is 6.26 Å². The van der Waals surface area contributed by atoms with Gasteiger partial charge in [0.15, 0.2) is 0 Å². The molecule has 8 heteroatoms. The highest BCUT2D eigenvalue weighted by Crippen LogP contribution is 2.43. The van der Waals surface area contributed by atoms with Gasteiger partial charge in [0, 0.05) is 7.05 Å². The molecule has 1 aromatic rings. The number of halogens is 3. The number of alkyl halides is 3. The highest BCUT2D eigenvalue weighted by atomic mass is 32.2. The van der Waals surface area contributed by atoms with Crippen LogP contribution in [0.3, 0.4) is 0 Å². The third kappa shape index (κ3) is 3.20. The molecule has 0 radical (unpaired) electrons. The van der Waals surface area contributed by atoms with Gasteiger partial charge in [0.25, 0.3) is 0 Å². The fraction of sp³-hybridized carbons (Fsp3) is 0.444. The van der Waals surface area contributed by atoms with E-state index in [0.29, 0.717) is 9.90 Å². The van der Waals surface area contributed by atoms with E-state index in [2.05, 4.69) is 0 Å². The zero-order valence-electron chi connectivity index (χ0n) is 9.13. The summed E-state index contributed by atoms with van der Waals surface area (Å²) in [4.78, 5) is 1.84. The number of nitrogens with zero attached hydrogens (tertiary/aromatic N) is 2. The van der Waals surface area contributed by atoms with Crippen LogP contribution in [0.2, 0.25) is 0 Å². The average molecular weight is 281 g/mol. The van der Waals surface area contributed by atoms with E-state index in [4.69, 9.17) is 11.0 Å². The number of nitrogens with two attached hydrogens (primary N) is 1. The summed E-state index contributed by atoms with van der Waals surface area (Å²) >= 11 is 2.22. The third-order valence-corrected chi connectivity index (χ3v) is 4.13. The van der Waals surface area contributed by atoms with E-state index in [-0.39, 0.29) is 10.6 Å². The number of nitrogen functional groups attached to an aromatic ring is 1. The van der Waals surface area contributed by atoms with Gasteiger partial charge in [0.05, 0.1) is 10.6 Å². The van der Waals surface area contributed by atoms with Crippen molar-refractivity contribution in [2.75, 3.05) is 30.5 Å². The Bertz CT molecular complexity index is 448. The first-order valence-corrected chi connectivity index (χ1v) is 6.48. The van der Waals surface area contributed by atoms with E-state index in [0.717, 1.165) is 16.2 Å². The van der Waals surface area contributed by atoms with Crippen molar-refractivity contribution in [1.82, 2.24) is 0 Å². The summed E-state index contributed by atoms with van der Waals surface area (Å²) in [6.07, 6.45) is -2.57. The molecule has 0 aliphatic heterocycles. The van der Waals surface area contributed by atoms with E-state index in [9.17, 15) is 13.2 Å². The van der Waals surface area contributed by atoms with Gasteiger partial charge >= 0.3 is 6.18 Å². The first-order chi connectivity index (χ1) is 7.80. The summed E-state index contributed by atoms with van der Waals surface area (Å²) in [7, 11) is 1.33. The molecule has 17 heavy (non-hydrogen) atoms. The third-order valence-electron chi connectivity index (χ3n) is 1.95. The molecule has 0 atom stereocenters. The lowest BCUT2D eigenvalue weighted by Gasteiger charge is -2.20. The SMILES string of the molecule is CSc1c(N(C)CC(F)(F)F)sc(C#N)c1N. The van der Waals surface area contributed by atoms with Gasteiger partial charge in [-0.2, -0.15) is 18.4 Å². The molecule has 0 saturated heterocycles. The highest BCUT2D eigenvalue weighted by Gasteiger charge is 2.31.